The first-order chi connectivity index (χ1) is 2.00. The molecule has 8 heteroatoms. The number of hydrogen-bond acceptors (Lipinski definition) is 5. The largest absolute Gasteiger partial charge is 2.00 e. The van der Waals surface area contributed by atoms with Gasteiger partial charge in [0.2, 0.25) is 0 Å². The van der Waals surface area contributed by atoms with Gasteiger partial charge in [-0.05, 0) is 0 Å². The average molecular weight is 211 g/mol. The minimum Gasteiger partial charge on any atom is -0.870 e. The zero-order valence-corrected chi connectivity index (χ0v) is 8.73. The Morgan fingerprint density at radius 2 is 1.12 bits per heavy atom. The van der Waals surface area contributed by atoms with Crippen molar-refractivity contribution in [1.82, 2.24) is 0 Å². The number of rotatable bonds is 0. The Labute approximate surface area is 99.5 Å². The minimum absolute atomic E-state index is 0. The topological polar surface area (TPSA) is 110 Å². The molecule has 0 saturated carbocycles. The van der Waals surface area contributed by atoms with E-state index in [0.717, 1.165) is 0 Å². The Bertz CT molecular complexity index is 95.6. The normalized spacial score (nSPS) is 7.25. The zero-order chi connectivity index (χ0) is 4.50. The van der Waals surface area contributed by atoms with Crippen molar-refractivity contribution in [2.75, 3.05) is 0 Å². The molecule has 0 fully saturated rings. The maximum atomic E-state index is 8.52. The van der Waals surface area contributed by atoms with Crippen LogP contribution in [0.25, 0.3) is 0 Å². The van der Waals surface area contributed by atoms with Crippen LogP contribution < -0.4 is 51.4 Å². The average Bonchev–Trinajstić information content (AvgIpc) is 0.722. The van der Waals surface area contributed by atoms with Crippen molar-refractivity contribution in [1.29, 1.82) is 0 Å². The van der Waals surface area contributed by atoms with Crippen LogP contribution in [0, 0.1) is 0 Å². The van der Waals surface area contributed by atoms with E-state index in [1.165, 1.54) is 0 Å². The van der Waals surface area contributed by atoms with Crippen LogP contribution in [-0.2, 0) is 26.9 Å². The summed E-state index contributed by atoms with van der Waals surface area (Å²) >= 11 is 0. The fourth-order valence-electron chi connectivity index (χ4n) is 0. The van der Waals surface area contributed by atoms with E-state index >= 15 is 0 Å². The fourth-order valence-corrected chi connectivity index (χ4v) is 0. The summed E-state index contributed by atoms with van der Waals surface area (Å²) in [6.45, 7) is 0. The molecule has 0 saturated heterocycles. The number of hydrogen-bond donors (Lipinski definition) is 0. The van der Waals surface area contributed by atoms with Crippen LogP contribution in [0.5, 0.6) is 0 Å². The Hall–Kier alpha value is 1.96. The smallest absolute Gasteiger partial charge is 0.870 e. The van der Waals surface area contributed by atoms with Crippen molar-refractivity contribution in [3.63, 3.8) is 0 Å². The van der Waals surface area contributed by atoms with E-state index in [9.17, 15) is 0 Å². The van der Waals surface area contributed by atoms with Crippen molar-refractivity contribution < 1.29 is 90.9 Å². The quantitative estimate of drug-likeness (QED) is 0.227. The van der Waals surface area contributed by atoms with Crippen LogP contribution in [0.3, 0.4) is 0 Å². The second-order valence-corrected chi connectivity index (χ2v) is 1.22. The zero-order valence-electron chi connectivity index (χ0n) is 3.80. The third-order valence-electron chi connectivity index (χ3n) is 0. The van der Waals surface area contributed by atoms with Crippen LogP contribution in [0.15, 0.2) is 0 Å². The van der Waals surface area contributed by atoms with Crippen molar-refractivity contribution in [3.05, 3.63) is 0 Å². The second kappa shape index (κ2) is 8.96. The summed E-state index contributed by atoms with van der Waals surface area (Å²) in [5.41, 5.74) is 0. The van der Waals surface area contributed by atoms with E-state index in [4.69, 9.17) is 17.5 Å². The first-order valence-corrected chi connectivity index (χ1v) is 2.00. The third kappa shape index (κ3) is 100. The van der Waals surface area contributed by atoms with Crippen molar-refractivity contribution in [2.24, 2.45) is 0 Å². The molecule has 0 radical (unpaired) electrons. The van der Waals surface area contributed by atoms with Gasteiger partial charge in [-0.3, -0.25) is 8.42 Å². The van der Waals surface area contributed by atoms with Gasteiger partial charge in [0.15, 0.2) is 0 Å². The van der Waals surface area contributed by atoms with Crippen LogP contribution >= 0.6 is 0 Å². The molecule has 0 aliphatic carbocycles. The SMILES string of the molecule is O=S(=O)([O-])[O-].[K+].[Ni+2].[OH-]. The summed E-state index contributed by atoms with van der Waals surface area (Å²) < 4.78 is 34.1. The standard InChI is InChI=1S/K.Ni.H2O4S.H2O/c;;1-5(2,3)4;/h;;(H2,1,2,3,4);1H2/q+1;+2;;/p-3. The summed E-state index contributed by atoms with van der Waals surface area (Å²) in [6, 6.07) is 0. The van der Waals surface area contributed by atoms with E-state index in [1.54, 1.807) is 0 Å². The first kappa shape index (κ1) is 22.5. The Kier molecular flexibility index (Phi) is 25.2. The molecule has 0 aromatic carbocycles. The van der Waals surface area contributed by atoms with Gasteiger partial charge in [0.25, 0.3) is 0 Å². The van der Waals surface area contributed by atoms with Crippen molar-refractivity contribution in [2.45, 2.75) is 0 Å². The summed E-state index contributed by atoms with van der Waals surface area (Å²) in [5.74, 6) is 0. The van der Waals surface area contributed by atoms with Crippen LogP contribution in [-0.4, -0.2) is 23.0 Å². The van der Waals surface area contributed by atoms with Gasteiger partial charge in [0.1, 0.15) is 0 Å². The van der Waals surface area contributed by atoms with Crippen molar-refractivity contribution >= 4 is 10.4 Å². The summed E-state index contributed by atoms with van der Waals surface area (Å²) in [5, 5.41) is 0. The monoisotopic (exact) mass is 210 g/mol. The summed E-state index contributed by atoms with van der Waals surface area (Å²) in [4.78, 5) is 0. The maximum Gasteiger partial charge on any atom is 2.00 e. The first-order valence-electron chi connectivity index (χ1n) is 0.667. The molecule has 0 aromatic heterocycles. The molecule has 0 bridgehead atoms. The van der Waals surface area contributed by atoms with Crippen LogP contribution in [0.2, 0.25) is 0 Å². The van der Waals surface area contributed by atoms with Gasteiger partial charge < -0.3 is 14.6 Å². The summed E-state index contributed by atoms with van der Waals surface area (Å²) in [6.07, 6.45) is 0. The fraction of sp³-hybridized carbons (Fsp3) is 0. The molecule has 0 rings (SSSR count). The van der Waals surface area contributed by atoms with E-state index < -0.39 is 10.4 Å². The molecule has 0 spiro atoms. The van der Waals surface area contributed by atoms with E-state index in [2.05, 4.69) is 0 Å². The Morgan fingerprint density at radius 1 is 1.12 bits per heavy atom. The minimum atomic E-state index is -5.17. The predicted molar refractivity (Wildman–Crippen MR) is 12.4 cm³/mol. The van der Waals surface area contributed by atoms with Gasteiger partial charge >= 0.3 is 67.9 Å². The van der Waals surface area contributed by atoms with Gasteiger partial charge in [-0.2, -0.15) is 0 Å². The van der Waals surface area contributed by atoms with Crippen LogP contribution in [0.1, 0.15) is 0 Å². The van der Waals surface area contributed by atoms with Gasteiger partial charge in [0.05, 0.1) is 0 Å². The molecule has 1 N–H and O–H groups in total. The van der Waals surface area contributed by atoms with Gasteiger partial charge in [-0.15, -0.1) is 0 Å². The maximum absolute atomic E-state index is 8.52. The molecule has 8 heavy (non-hydrogen) atoms. The van der Waals surface area contributed by atoms with E-state index in [-0.39, 0.29) is 73.4 Å². The van der Waals surface area contributed by atoms with Gasteiger partial charge in [-0.1, -0.05) is 0 Å². The van der Waals surface area contributed by atoms with Gasteiger partial charge in [-0.25, -0.2) is 0 Å². The predicted octanol–water partition coefficient (Wildman–Crippen LogP) is -4.51. The molecule has 0 aromatic rings. The molecular formula is HKNiO5S. The molecule has 0 heterocycles. The molecule has 48 valence electrons. The summed E-state index contributed by atoms with van der Waals surface area (Å²) in [7, 11) is -5.17. The van der Waals surface area contributed by atoms with Crippen molar-refractivity contribution in [3.8, 4) is 0 Å². The Balaban J connectivity index is -0.0000000267. The van der Waals surface area contributed by atoms with Gasteiger partial charge in [0, 0.05) is 10.4 Å². The Morgan fingerprint density at radius 3 is 1.12 bits per heavy atom. The molecule has 0 aliphatic heterocycles. The molecule has 0 amide bonds. The third-order valence-corrected chi connectivity index (χ3v) is 0. The molecule has 0 aliphatic rings. The molecular weight excluding hydrogens is 210 g/mol. The van der Waals surface area contributed by atoms with Crippen LogP contribution in [0.4, 0.5) is 0 Å². The molecule has 0 unspecified atom stereocenters. The molecule has 5 nitrogen and oxygen atoms in total. The van der Waals surface area contributed by atoms with E-state index in [1.807, 2.05) is 0 Å². The molecule has 0 atom stereocenters. The van der Waals surface area contributed by atoms with E-state index in [0.29, 0.717) is 0 Å². The second-order valence-electron chi connectivity index (χ2n) is 0.408.